The minimum Gasteiger partial charge on any atom is -0.457 e. The molecule has 8 rings (SSSR count). The first kappa shape index (κ1) is 35.6. The Morgan fingerprint density at radius 1 is 0.964 bits per heavy atom. The molecule has 2 aliphatic heterocycles. The maximum absolute atomic E-state index is 14.0. The van der Waals surface area contributed by atoms with Gasteiger partial charge in [-0.3, -0.25) is 35.1 Å². The van der Waals surface area contributed by atoms with Crippen LogP contribution in [0, 0.1) is 44.2 Å². The van der Waals surface area contributed by atoms with Crippen molar-refractivity contribution in [3.8, 4) is 22.5 Å². The average molecular weight is 761 g/mol. The summed E-state index contributed by atoms with van der Waals surface area (Å²) in [4.78, 5) is 85.2. The molecule has 1 aliphatic carbocycles. The Bertz CT molecular complexity index is 2770. The van der Waals surface area contributed by atoms with E-state index in [1.54, 1.807) is 13.0 Å². The van der Waals surface area contributed by atoms with E-state index < -0.39 is 61.0 Å². The largest absolute Gasteiger partial charge is 0.457 e. The number of benzene rings is 3. The van der Waals surface area contributed by atoms with Crippen LogP contribution >= 0.6 is 0 Å². The molecule has 5 aromatic rings. The number of hydrogen-bond donors (Lipinski definition) is 0. The number of aryl methyl sites for hydroxylation is 2. The SMILES string of the molecule is CC[C@@]1(OC(=O)[C@@H](C)O/N=C2/c3cc([N+](=O)[O-])cc(C)c3-c3c2cc([N+](=O)[O-])cc3[N+](=O)[O-])C(=O)OCc2c1cc1n(c2=O)Cc2cc3cc(C)ccc3nc2-1. The fourth-order valence-electron chi connectivity index (χ4n) is 7.64. The molecule has 0 N–H and O–H groups in total. The molecule has 18 heteroatoms. The van der Waals surface area contributed by atoms with Crippen molar-refractivity contribution in [1.82, 2.24) is 9.55 Å². The first-order valence-electron chi connectivity index (χ1n) is 17.2. The van der Waals surface area contributed by atoms with Crippen molar-refractivity contribution in [2.45, 2.75) is 59.0 Å². The Balaban J connectivity index is 1.18. The number of ether oxygens (including phenoxy) is 2. The molecule has 0 amide bonds. The maximum Gasteiger partial charge on any atom is 0.355 e. The van der Waals surface area contributed by atoms with Gasteiger partial charge in [0.1, 0.15) is 12.3 Å². The van der Waals surface area contributed by atoms with Gasteiger partial charge in [0, 0.05) is 51.4 Å². The van der Waals surface area contributed by atoms with Gasteiger partial charge in [-0.05, 0) is 57.0 Å². The Morgan fingerprint density at radius 3 is 2.34 bits per heavy atom. The molecule has 0 fully saturated rings. The van der Waals surface area contributed by atoms with Crippen molar-refractivity contribution in [3.05, 3.63) is 134 Å². The monoisotopic (exact) mass is 760 g/mol. The molecule has 4 heterocycles. The fourth-order valence-corrected chi connectivity index (χ4v) is 7.64. The Labute approximate surface area is 314 Å². The molecule has 3 aliphatic rings. The van der Waals surface area contributed by atoms with Crippen LogP contribution in [0.1, 0.15) is 59.2 Å². The second-order valence-electron chi connectivity index (χ2n) is 13.7. The highest BCUT2D eigenvalue weighted by Gasteiger charge is 2.51. The minimum atomic E-state index is -2.09. The molecule has 18 nitrogen and oxygen atoms in total. The summed E-state index contributed by atoms with van der Waals surface area (Å²) in [7, 11) is 0. The summed E-state index contributed by atoms with van der Waals surface area (Å²) in [6.07, 6.45) is -1.75. The number of nitro benzene ring substituents is 3. The highest BCUT2D eigenvalue weighted by atomic mass is 16.7. The number of esters is 2. The summed E-state index contributed by atoms with van der Waals surface area (Å²) >= 11 is 0. The molecule has 0 bridgehead atoms. The molecule has 56 heavy (non-hydrogen) atoms. The van der Waals surface area contributed by atoms with Gasteiger partial charge in [-0.15, -0.1) is 0 Å². The van der Waals surface area contributed by atoms with Crippen molar-refractivity contribution < 1.29 is 38.7 Å². The van der Waals surface area contributed by atoms with E-state index >= 15 is 0 Å². The zero-order valence-corrected chi connectivity index (χ0v) is 30.0. The molecule has 0 spiro atoms. The van der Waals surface area contributed by atoms with Crippen LogP contribution in [0.4, 0.5) is 17.1 Å². The number of nitro groups is 3. The number of aromatic nitrogens is 2. The van der Waals surface area contributed by atoms with Crippen LogP contribution in [0.15, 0.2) is 64.5 Å². The smallest absolute Gasteiger partial charge is 0.355 e. The lowest BCUT2D eigenvalue weighted by Gasteiger charge is -2.36. The number of carbonyl (C=O) groups excluding carboxylic acids is 2. The highest BCUT2D eigenvalue weighted by molar-refractivity contribution is 6.26. The van der Waals surface area contributed by atoms with Crippen LogP contribution in [0.3, 0.4) is 0 Å². The zero-order chi connectivity index (χ0) is 40.0. The van der Waals surface area contributed by atoms with Crippen molar-refractivity contribution in [2.24, 2.45) is 5.16 Å². The second-order valence-corrected chi connectivity index (χ2v) is 13.7. The van der Waals surface area contributed by atoms with Crippen LogP contribution in [-0.4, -0.2) is 48.1 Å². The van der Waals surface area contributed by atoms with Crippen molar-refractivity contribution in [3.63, 3.8) is 0 Å². The summed E-state index contributed by atoms with van der Waals surface area (Å²) in [5.41, 5.74) is -0.546. The number of non-ortho nitro benzene ring substituents is 2. The van der Waals surface area contributed by atoms with Crippen molar-refractivity contribution >= 4 is 45.6 Å². The van der Waals surface area contributed by atoms with E-state index in [1.165, 1.54) is 24.5 Å². The topological polar surface area (TPSA) is 238 Å². The first-order chi connectivity index (χ1) is 26.6. The van der Waals surface area contributed by atoms with E-state index in [0.29, 0.717) is 16.9 Å². The molecule has 282 valence electrons. The van der Waals surface area contributed by atoms with Crippen molar-refractivity contribution in [1.29, 1.82) is 0 Å². The maximum atomic E-state index is 14.0. The number of hydrogen-bond acceptors (Lipinski definition) is 14. The van der Waals surface area contributed by atoms with E-state index in [9.17, 15) is 44.7 Å². The molecular formula is C38H28N6O12. The Morgan fingerprint density at radius 2 is 1.66 bits per heavy atom. The molecule has 3 aromatic carbocycles. The molecule has 2 aromatic heterocycles. The predicted octanol–water partition coefficient (Wildman–Crippen LogP) is 5.81. The Hall–Kier alpha value is -7.37. The average Bonchev–Trinajstić information content (AvgIpc) is 3.68. The van der Waals surface area contributed by atoms with Gasteiger partial charge in [0.15, 0.2) is 0 Å². The molecule has 0 radical (unpaired) electrons. The normalized spacial score (nSPS) is 17.3. The third-order valence-electron chi connectivity index (χ3n) is 10.3. The van der Waals surface area contributed by atoms with Crippen LogP contribution in [0.2, 0.25) is 0 Å². The summed E-state index contributed by atoms with van der Waals surface area (Å²) in [6, 6.07) is 13.4. The lowest BCUT2D eigenvalue weighted by molar-refractivity contribution is -0.393. The summed E-state index contributed by atoms with van der Waals surface area (Å²) < 4.78 is 12.9. The summed E-state index contributed by atoms with van der Waals surface area (Å²) in [6.45, 7) is 6.12. The Kier molecular flexibility index (Phi) is 8.03. The van der Waals surface area contributed by atoms with Gasteiger partial charge < -0.3 is 18.9 Å². The summed E-state index contributed by atoms with van der Waals surface area (Å²) in [5, 5.41) is 40.7. The number of oxime groups is 1. The molecule has 0 saturated carbocycles. The van der Waals surface area contributed by atoms with Gasteiger partial charge in [0.25, 0.3) is 22.6 Å². The number of pyridine rings is 2. The third-order valence-corrected chi connectivity index (χ3v) is 10.3. The first-order valence-corrected chi connectivity index (χ1v) is 17.2. The van der Waals surface area contributed by atoms with E-state index in [-0.39, 0.29) is 64.2 Å². The summed E-state index contributed by atoms with van der Waals surface area (Å²) in [5.74, 6) is -2.05. The number of cyclic esters (lactones) is 1. The quantitative estimate of drug-likeness (QED) is 0.101. The lowest BCUT2D eigenvalue weighted by Crippen LogP contribution is -2.48. The number of fused-ring (bicyclic) bond motifs is 8. The number of nitrogens with zero attached hydrogens (tertiary/aromatic N) is 6. The molecule has 0 unspecified atom stereocenters. The van der Waals surface area contributed by atoms with Gasteiger partial charge >= 0.3 is 11.9 Å². The second kappa shape index (κ2) is 12.6. The van der Waals surface area contributed by atoms with Gasteiger partial charge in [0.05, 0.1) is 55.4 Å². The third kappa shape index (κ3) is 5.28. The van der Waals surface area contributed by atoms with Crippen LogP contribution in [0.5, 0.6) is 0 Å². The number of rotatable bonds is 8. The predicted molar refractivity (Wildman–Crippen MR) is 196 cm³/mol. The van der Waals surface area contributed by atoms with E-state index in [0.717, 1.165) is 34.7 Å². The van der Waals surface area contributed by atoms with E-state index in [4.69, 9.17) is 19.3 Å². The number of carbonyl (C=O) groups is 2. The molecule has 0 saturated heterocycles. The van der Waals surface area contributed by atoms with E-state index in [2.05, 4.69) is 5.16 Å². The van der Waals surface area contributed by atoms with Gasteiger partial charge in [-0.1, -0.05) is 23.7 Å². The fraction of sp³-hybridized carbons (Fsp3) is 0.237. The minimum absolute atomic E-state index is 0.00295. The molecular weight excluding hydrogens is 732 g/mol. The van der Waals surface area contributed by atoms with Crippen LogP contribution in [-0.2, 0) is 42.7 Å². The van der Waals surface area contributed by atoms with Crippen molar-refractivity contribution in [2.75, 3.05) is 0 Å². The zero-order valence-electron chi connectivity index (χ0n) is 30.0. The highest BCUT2D eigenvalue weighted by Crippen LogP contribution is 2.48. The van der Waals surface area contributed by atoms with Crippen LogP contribution in [0.25, 0.3) is 33.4 Å². The standard InChI is InChI=1S/C38H28N6O12/c1-5-38(27-14-30-33-21(10-20-8-17(2)6-7-28(20)39-33)15-41(30)35(45)26(27)16-54-37(38)47)55-36(46)19(4)56-40-34-24-11-22(42(48)49)9-18(3)31(24)32-25(34)12-23(43(50)51)13-29(32)44(52)53/h6-14,19H,5,15-16H2,1-4H3/b40-34-/t19-,38+/m1/s1. The van der Waals surface area contributed by atoms with Gasteiger partial charge in [0.2, 0.25) is 11.7 Å². The van der Waals surface area contributed by atoms with Gasteiger partial charge in [-0.25, -0.2) is 14.6 Å². The van der Waals surface area contributed by atoms with E-state index in [1.807, 2.05) is 31.2 Å². The van der Waals surface area contributed by atoms with Gasteiger partial charge in [-0.2, -0.15) is 0 Å². The lowest BCUT2D eigenvalue weighted by atomic mass is 9.85. The molecule has 2 atom stereocenters. The van der Waals surface area contributed by atoms with Crippen LogP contribution < -0.4 is 5.56 Å².